The monoisotopic (exact) mass is 474 g/mol. The van der Waals surface area contributed by atoms with Gasteiger partial charge in [-0.15, -0.1) is 0 Å². The maximum absolute atomic E-state index is 3.32. The predicted molar refractivity (Wildman–Crippen MR) is 156 cm³/mol. The van der Waals surface area contributed by atoms with Crippen LogP contribution in [0.3, 0.4) is 0 Å². The lowest BCUT2D eigenvalue weighted by Gasteiger charge is -2.35. The second-order valence-electron chi connectivity index (χ2n) is 11.7. The van der Waals surface area contributed by atoms with Crippen LogP contribution in [-0.2, 0) is 10.8 Å². The summed E-state index contributed by atoms with van der Waals surface area (Å²) in [7, 11) is 0. The highest BCUT2D eigenvalue weighted by atomic mass is 14.5. The van der Waals surface area contributed by atoms with E-state index in [1.54, 1.807) is 0 Å². The standard InChI is InChI=1S/C37H30/c1-23-20-30-35-33-28(23)12-9-13-29(33)36(2,3)31-21-27(22-32(34(31)35)37(30,4)5)26-18-16-25(17-19-26)15-14-24-10-7-6-8-11-24/h6-13,16-22H,1-5H3. The van der Waals surface area contributed by atoms with Gasteiger partial charge in [-0.3, -0.25) is 0 Å². The number of hydrogen-bond donors (Lipinski definition) is 0. The van der Waals surface area contributed by atoms with Crippen molar-refractivity contribution in [3.8, 4) is 34.1 Å². The van der Waals surface area contributed by atoms with Gasteiger partial charge < -0.3 is 0 Å². The zero-order valence-corrected chi connectivity index (χ0v) is 22.2. The van der Waals surface area contributed by atoms with Crippen LogP contribution in [0.15, 0.2) is 91.0 Å². The molecule has 0 saturated carbocycles. The highest BCUT2D eigenvalue weighted by Gasteiger charge is 2.45. The molecule has 0 aliphatic heterocycles. The first-order valence-electron chi connectivity index (χ1n) is 13.2. The van der Waals surface area contributed by atoms with E-state index < -0.39 is 0 Å². The number of rotatable bonds is 1. The van der Waals surface area contributed by atoms with Gasteiger partial charge in [0.05, 0.1) is 0 Å². The molecule has 0 unspecified atom stereocenters. The summed E-state index contributed by atoms with van der Waals surface area (Å²) in [6.45, 7) is 11.9. The number of aryl methyl sites for hydroxylation is 1. The van der Waals surface area contributed by atoms with Gasteiger partial charge in [-0.05, 0) is 104 Å². The third-order valence-corrected chi connectivity index (χ3v) is 8.79. The molecule has 0 bridgehead atoms. The molecule has 0 N–H and O–H groups in total. The molecule has 0 heteroatoms. The number of hydrogen-bond acceptors (Lipinski definition) is 0. The summed E-state index contributed by atoms with van der Waals surface area (Å²) in [4.78, 5) is 0. The quantitative estimate of drug-likeness (QED) is 0.212. The Bertz CT molecular complexity index is 1800. The van der Waals surface area contributed by atoms with E-state index in [1.807, 2.05) is 30.3 Å². The molecule has 0 radical (unpaired) electrons. The average Bonchev–Trinajstić information content (AvgIpc) is 3.13. The van der Waals surface area contributed by atoms with E-state index in [1.165, 1.54) is 60.8 Å². The van der Waals surface area contributed by atoms with Crippen molar-refractivity contribution in [2.45, 2.75) is 45.4 Å². The lowest BCUT2D eigenvalue weighted by atomic mass is 9.67. The van der Waals surface area contributed by atoms with Gasteiger partial charge in [-0.25, -0.2) is 0 Å². The maximum atomic E-state index is 3.32. The van der Waals surface area contributed by atoms with E-state index in [4.69, 9.17) is 0 Å². The van der Waals surface area contributed by atoms with E-state index in [2.05, 4.69) is 107 Å². The van der Waals surface area contributed by atoms with Gasteiger partial charge in [0.1, 0.15) is 0 Å². The van der Waals surface area contributed by atoms with Crippen LogP contribution >= 0.6 is 0 Å². The maximum Gasteiger partial charge on any atom is 0.0249 e. The van der Waals surface area contributed by atoms with Crippen molar-refractivity contribution in [1.82, 2.24) is 0 Å². The Hall–Kier alpha value is -4.08. The lowest BCUT2D eigenvalue weighted by Crippen LogP contribution is -2.24. The molecule has 0 heterocycles. The summed E-state index contributed by atoms with van der Waals surface area (Å²) in [5, 5.41) is 2.87. The van der Waals surface area contributed by atoms with Crippen molar-refractivity contribution in [3.05, 3.63) is 130 Å². The largest absolute Gasteiger partial charge is 0.0622 e. The predicted octanol–water partition coefficient (Wildman–Crippen LogP) is 9.16. The van der Waals surface area contributed by atoms with Crippen LogP contribution in [0.25, 0.3) is 33.0 Å². The smallest absolute Gasteiger partial charge is 0.0249 e. The molecule has 0 aromatic heterocycles. The minimum absolute atomic E-state index is 0.0387. The normalized spacial score (nSPS) is 15.4. The molecule has 2 aliphatic rings. The summed E-state index contributed by atoms with van der Waals surface area (Å²) >= 11 is 0. The highest BCUT2D eigenvalue weighted by Crippen LogP contribution is 2.60. The van der Waals surface area contributed by atoms with E-state index in [9.17, 15) is 0 Å². The zero-order valence-electron chi connectivity index (χ0n) is 22.2. The summed E-state index contributed by atoms with van der Waals surface area (Å²) < 4.78 is 0. The Labute approximate surface area is 220 Å². The summed E-state index contributed by atoms with van der Waals surface area (Å²) in [5.41, 5.74) is 14.7. The van der Waals surface area contributed by atoms with Gasteiger partial charge in [-0.2, -0.15) is 0 Å². The molecule has 0 saturated heterocycles. The summed E-state index contributed by atoms with van der Waals surface area (Å²) in [6, 6.07) is 33.2. The molecule has 178 valence electrons. The molecule has 0 amide bonds. The van der Waals surface area contributed by atoms with E-state index in [-0.39, 0.29) is 10.8 Å². The molecule has 0 nitrogen and oxygen atoms in total. The van der Waals surface area contributed by atoms with Crippen LogP contribution in [0, 0.1) is 18.8 Å². The van der Waals surface area contributed by atoms with Gasteiger partial charge in [0.15, 0.2) is 0 Å². The van der Waals surface area contributed by atoms with Crippen LogP contribution in [0.2, 0.25) is 0 Å². The minimum atomic E-state index is -0.0703. The number of benzene rings is 5. The lowest BCUT2D eigenvalue weighted by molar-refractivity contribution is 0.639. The Morgan fingerprint density at radius 1 is 0.514 bits per heavy atom. The highest BCUT2D eigenvalue weighted by molar-refractivity contribution is 6.09. The molecular weight excluding hydrogens is 444 g/mol. The fourth-order valence-corrected chi connectivity index (χ4v) is 6.69. The molecule has 0 spiro atoms. The fraction of sp³-hybridized carbons (Fsp3) is 0.189. The Morgan fingerprint density at radius 3 is 1.78 bits per heavy atom. The van der Waals surface area contributed by atoms with Gasteiger partial charge in [0.25, 0.3) is 0 Å². The Kier molecular flexibility index (Phi) is 4.47. The molecule has 7 rings (SSSR count). The summed E-state index contributed by atoms with van der Waals surface area (Å²) in [5.74, 6) is 6.59. The van der Waals surface area contributed by atoms with Crippen LogP contribution < -0.4 is 0 Å². The Balaban J connectivity index is 1.41. The molecule has 0 atom stereocenters. The topological polar surface area (TPSA) is 0 Å². The van der Waals surface area contributed by atoms with Gasteiger partial charge in [0, 0.05) is 22.0 Å². The third-order valence-electron chi connectivity index (χ3n) is 8.79. The van der Waals surface area contributed by atoms with Crippen molar-refractivity contribution in [2.24, 2.45) is 0 Å². The Morgan fingerprint density at radius 2 is 1.11 bits per heavy atom. The van der Waals surface area contributed by atoms with Crippen molar-refractivity contribution < 1.29 is 0 Å². The SMILES string of the molecule is Cc1cc2c3c4c(cccc14)C(C)(C)c1cc(-c4ccc(C#Cc5ccccc5)cc4)cc(c1-3)C2(C)C. The van der Waals surface area contributed by atoms with Crippen molar-refractivity contribution in [1.29, 1.82) is 0 Å². The first-order chi connectivity index (χ1) is 17.8. The van der Waals surface area contributed by atoms with Crippen molar-refractivity contribution >= 4 is 10.8 Å². The van der Waals surface area contributed by atoms with E-state index in [0.717, 1.165) is 11.1 Å². The van der Waals surface area contributed by atoms with Crippen molar-refractivity contribution in [2.75, 3.05) is 0 Å². The fourth-order valence-electron chi connectivity index (χ4n) is 6.69. The van der Waals surface area contributed by atoms with Gasteiger partial charge >= 0.3 is 0 Å². The molecule has 0 fully saturated rings. The zero-order chi connectivity index (χ0) is 25.5. The van der Waals surface area contributed by atoms with Crippen LogP contribution in [-0.4, -0.2) is 0 Å². The molecule has 5 aromatic rings. The van der Waals surface area contributed by atoms with Crippen LogP contribution in [0.1, 0.15) is 66.6 Å². The van der Waals surface area contributed by atoms with Crippen molar-refractivity contribution in [3.63, 3.8) is 0 Å². The van der Waals surface area contributed by atoms with Gasteiger partial charge in [0.2, 0.25) is 0 Å². The summed E-state index contributed by atoms with van der Waals surface area (Å²) in [6.07, 6.45) is 0. The molecule has 2 aliphatic carbocycles. The second kappa shape index (κ2) is 7.47. The van der Waals surface area contributed by atoms with E-state index in [0.29, 0.717) is 0 Å². The molecule has 37 heavy (non-hydrogen) atoms. The van der Waals surface area contributed by atoms with E-state index >= 15 is 0 Å². The van der Waals surface area contributed by atoms with Crippen LogP contribution in [0.4, 0.5) is 0 Å². The van der Waals surface area contributed by atoms with Crippen LogP contribution in [0.5, 0.6) is 0 Å². The van der Waals surface area contributed by atoms with Gasteiger partial charge in [-0.1, -0.05) is 94.1 Å². The molecular formula is C37H30. The second-order valence-corrected chi connectivity index (χ2v) is 11.7. The average molecular weight is 475 g/mol. The third kappa shape index (κ3) is 3.04. The first-order valence-corrected chi connectivity index (χ1v) is 13.2. The first kappa shape index (κ1) is 22.1. The minimum Gasteiger partial charge on any atom is -0.0622 e. The molecule has 5 aromatic carbocycles.